The Morgan fingerprint density at radius 3 is 2.72 bits per heavy atom. The van der Waals surface area contributed by atoms with Crippen molar-refractivity contribution in [1.29, 1.82) is 0 Å². The number of benzene rings is 2. The molecule has 3 aromatic rings. The van der Waals surface area contributed by atoms with Gasteiger partial charge in [0.2, 0.25) is 0 Å². The highest BCUT2D eigenvalue weighted by molar-refractivity contribution is 6.30. The molecule has 0 saturated carbocycles. The summed E-state index contributed by atoms with van der Waals surface area (Å²) in [6.45, 7) is 2.03. The molecule has 0 unspecified atom stereocenters. The minimum absolute atomic E-state index is 0.0814. The van der Waals surface area contributed by atoms with E-state index in [4.69, 9.17) is 16.3 Å². The van der Waals surface area contributed by atoms with Crippen LogP contribution in [0.3, 0.4) is 0 Å². The third kappa shape index (κ3) is 5.68. The van der Waals surface area contributed by atoms with Gasteiger partial charge in [0, 0.05) is 43.7 Å². The van der Waals surface area contributed by atoms with Crippen LogP contribution in [-0.4, -0.2) is 35.6 Å². The molecule has 152 valence electrons. The molecule has 0 bridgehead atoms. The summed E-state index contributed by atoms with van der Waals surface area (Å²) in [5.74, 6) is -0.835. The molecule has 3 rings (SSSR count). The van der Waals surface area contributed by atoms with Crippen molar-refractivity contribution in [3.63, 3.8) is 0 Å². The lowest BCUT2D eigenvalue weighted by molar-refractivity contribution is 0.0715. The van der Waals surface area contributed by atoms with E-state index >= 15 is 0 Å². The zero-order chi connectivity index (χ0) is 20.6. The molecule has 0 saturated heterocycles. The molecular weight excluding hydrogens is 391 g/mol. The van der Waals surface area contributed by atoms with E-state index in [0.29, 0.717) is 37.7 Å². The number of hydrogen-bond acceptors (Lipinski definition) is 2. The van der Waals surface area contributed by atoms with E-state index in [1.165, 1.54) is 12.1 Å². The first kappa shape index (κ1) is 21.1. The first-order chi connectivity index (χ1) is 14.1. The van der Waals surface area contributed by atoms with Gasteiger partial charge in [-0.05, 0) is 48.4 Å². The predicted molar refractivity (Wildman–Crippen MR) is 113 cm³/mol. The van der Waals surface area contributed by atoms with Crippen LogP contribution < -0.4 is 0 Å². The molecule has 29 heavy (non-hydrogen) atoms. The highest BCUT2D eigenvalue weighted by atomic mass is 35.5. The number of rotatable bonds is 9. The highest BCUT2D eigenvalue weighted by Gasteiger charge is 2.20. The first-order valence-electron chi connectivity index (χ1n) is 9.49. The number of nitrogens with zero attached hydrogens (tertiary/aromatic N) is 2. The molecule has 0 aliphatic carbocycles. The Bertz CT molecular complexity index is 957. The smallest absolute Gasteiger partial charge is 0.257 e. The van der Waals surface area contributed by atoms with Gasteiger partial charge in [0.15, 0.2) is 0 Å². The Labute approximate surface area is 175 Å². The van der Waals surface area contributed by atoms with E-state index < -0.39 is 5.82 Å². The van der Waals surface area contributed by atoms with Crippen LogP contribution in [0.2, 0.25) is 5.02 Å². The van der Waals surface area contributed by atoms with Crippen molar-refractivity contribution < 1.29 is 13.9 Å². The monoisotopic (exact) mass is 414 g/mol. The van der Waals surface area contributed by atoms with E-state index in [1.807, 2.05) is 42.6 Å². The van der Waals surface area contributed by atoms with Crippen molar-refractivity contribution in [2.45, 2.75) is 19.5 Å². The van der Waals surface area contributed by atoms with Gasteiger partial charge in [-0.1, -0.05) is 35.9 Å². The van der Waals surface area contributed by atoms with E-state index in [1.54, 1.807) is 24.1 Å². The van der Waals surface area contributed by atoms with Crippen molar-refractivity contribution in [3.05, 3.63) is 94.5 Å². The molecule has 4 nitrogen and oxygen atoms in total. The van der Waals surface area contributed by atoms with Gasteiger partial charge in [-0.3, -0.25) is 4.79 Å². The maximum atomic E-state index is 14.2. The van der Waals surface area contributed by atoms with Gasteiger partial charge >= 0.3 is 0 Å². The first-order valence-corrected chi connectivity index (χ1v) is 9.87. The van der Waals surface area contributed by atoms with Crippen LogP contribution in [0.1, 0.15) is 28.0 Å². The number of carbonyl (C=O) groups is 1. The number of carbonyl (C=O) groups excluding carboxylic acids is 1. The van der Waals surface area contributed by atoms with E-state index in [2.05, 4.69) is 4.57 Å². The zero-order valence-corrected chi connectivity index (χ0v) is 17.1. The van der Waals surface area contributed by atoms with Crippen molar-refractivity contribution in [1.82, 2.24) is 9.47 Å². The number of amides is 1. The zero-order valence-electron chi connectivity index (χ0n) is 16.4. The minimum Gasteiger partial charge on any atom is -0.385 e. The molecule has 1 aromatic heterocycles. The summed E-state index contributed by atoms with van der Waals surface area (Å²) in [4.78, 5) is 14.7. The summed E-state index contributed by atoms with van der Waals surface area (Å²) in [6.07, 6.45) is 2.64. The van der Waals surface area contributed by atoms with Gasteiger partial charge in [0.25, 0.3) is 5.91 Å². The van der Waals surface area contributed by atoms with Gasteiger partial charge in [-0.2, -0.15) is 0 Å². The van der Waals surface area contributed by atoms with Crippen molar-refractivity contribution in [3.8, 4) is 0 Å². The summed E-state index contributed by atoms with van der Waals surface area (Å²) in [5, 5.41) is 0.687. The second kappa shape index (κ2) is 10.2. The lowest BCUT2D eigenvalue weighted by Crippen LogP contribution is -2.33. The molecule has 0 radical (unpaired) electrons. The molecule has 0 aliphatic heterocycles. The normalized spacial score (nSPS) is 10.9. The molecule has 2 aromatic carbocycles. The van der Waals surface area contributed by atoms with Crippen LogP contribution in [0.4, 0.5) is 4.39 Å². The summed E-state index contributed by atoms with van der Waals surface area (Å²) in [7, 11) is 1.62. The topological polar surface area (TPSA) is 34.5 Å². The van der Waals surface area contributed by atoms with Crippen LogP contribution in [0.25, 0.3) is 0 Å². The maximum Gasteiger partial charge on any atom is 0.257 e. The summed E-state index contributed by atoms with van der Waals surface area (Å²) in [6, 6.07) is 17.7. The summed E-state index contributed by atoms with van der Waals surface area (Å²) >= 11 is 6.09. The average molecular weight is 415 g/mol. The fourth-order valence-electron chi connectivity index (χ4n) is 3.23. The van der Waals surface area contributed by atoms with E-state index in [9.17, 15) is 9.18 Å². The lowest BCUT2D eigenvalue weighted by atomic mass is 10.1. The quantitative estimate of drug-likeness (QED) is 0.461. The molecule has 0 spiro atoms. The predicted octanol–water partition coefficient (Wildman–Crippen LogP) is 5.01. The number of aromatic nitrogens is 1. The molecule has 0 fully saturated rings. The third-order valence-corrected chi connectivity index (χ3v) is 4.92. The van der Waals surface area contributed by atoms with Gasteiger partial charge < -0.3 is 14.2 Å². The number of hydrogen-bond donors (Lipinski definition) is 0. The Kier molecular flexibility index (Phi) is 7.44. The molecule has 0 aliphatic rings. The van der Waals surface area contributed by atoms with Crippen molar-refractivity contribution in [2.24, 2.45) is 0 Å². The Balaban J connectivity index is 1.80. The maximum absolute atomic E-state index is 14.2. The van der Waals surface area contributed by atoms with Crippen molar-refractivity contribution >= 4 is 17.5 Å². The number of halogens is 2. The van der Waals surface area contributed by atoms with Crippen LogP contribution in [0.15, 0.2) is 66.9 Å². The van der Waals surface area contributed by atoms with Gasteiger partial charge in [-0.15, -0.1) is 0 Å². The molecule has 1 heterocycles. The summed E-state index contributed by atoms with van der Waals surface area (Å²) < 4.78 is 21.4. The van der Waals surface area contributed by atoms with E-state index in [0.717, 1.165) is 11.3 Å². The molecule has 1 amide bonds. The molecular formula is C23H24ClFN2O2. The summed E-state index contributed by atoms with van der Waals surface area (Å²) in [5.41, 5.74) is 2.12. The van der Waals surface area contributed by atoms with Crippen LogP contribution in [0, 0.1) is 5.82 Å². The average Bonchev–Trinajstić information content (AvgIpc) is 3.14. The highest BCUT2D eigenvalue weighted by Crippen LogP contribution is 2.17. The second-order valence-corrected chi connectivity index (χ2v) is 7.25. The largest absolute Gasteiger partial charge is 0.385 e. The third-order valence-electron chi connectivity index (χ3n) is 4.69. The lowest BCUT2D eigenvalue weighted by Gasteiger charge is -2.24. The van der Waals surface area contributed by atoms with Gasteiger partial charge in [0.05, 0.1) is 12.1 Å². The molecule has 0 N–H and O–H groups in total. The fourth-order valence-corrected chi connectivity index (χ4v) is 3.44. The van der Waals surface area contributed by atoms with Crippen molar-refractivity contribution in [2.75, 3.05) is 20.3 Å². The molecule has 0 atom stereocenters. The Morgan fingerprint density at radius 2 is 1.97 bits per heavy atom. The number of ether oxygens (including phenoxy) is 1. The van der Waals surface area contributed by atoms with Gasteiger partial charge in [0.1, 0.15) is 5.82 Å². The Hall–Kier alpha value is -2.63. The second-order valence-electron chi connectivity index (χ2n) is 6.81. The van der Waals surface area contributed by atoms with E-state index in [-0.39, 0.29) is 11.5 Å². The van der Waals surface area contributed by atoms with Crippen LogP contribution >= 0.6 is 11.6 Å². The van der Waals surface area contributed by atoms with Crippen LogP contribution in [-0.2, 0) is 17.8 Å². The minimum atomic E-state index is -0.511. The van der Waals surface area contributed by atoms with Crippen LogP contribution in [0.5, 0.6) is 0 Å². The Morgan fingerprint density at radius 1 is 1.14 bits per heavy atom. The standard InChI is InChI=1S/C23H24ClFN2O2/c1-29-14-6-13-27(23(28)21-10-2-3-11-22(21)25)17-20-9-5-12-26(20)16-18-7-4-8-19(24)15-18/h2-5,7-12,15H,6,13-14,16-17H2,1H3. The van der Waals surface area contributed by atoms with Gasteiger partial charge in [-0.25, -0.2) is 4.39 Å². The fraction of sp³-hybridized carbons (Fsp3) is 0.261. The molecule has 6 heteroatoms. The SMILES string of the molecule is COCCCN(Cc1cccn1Cc1cccc(Cl)c1)C(=O)c1ccccc1F. The number of methoxy groups -OCH3 is 1.